The van der Waals surface area contributed by atoms with E-state index in [1.165, 1.54) is 0 Å². The Morgan fingerprint density at radius 1 is 1.29 bits per heavy atom. The molecular weight excluding hydrogens is 286 g/mol. The maximum absolute atomic E-state index is 10.8. The van der Waals surface area contributed by atoms with Gasteiger partial charge in [0.2, 0.25) is 0 Å². The number of carboxylic acids is 1. The predicted octanol–water partition coefficient (Wildman–Crippen LogP) is 2.96. The minimum Gasteiger partial charge on any atom is -0.478 e. The number of rotatable bonds is 4. The SMILES string of the molecule is Cn1c(SCc2ccc(C(=O)O)cc2)nc2cccnc21. The van der Waals surface area contributed by atoms with Crippen molar-refractivity contribution in [2.75, 3.05) is 0 Å². The van der Waals surface area contributed by atoms with Gasteiger partial charge in [0.15, 0.2) is 10.8 Å². The van der Waals surface area contributed by atoms with Crippen LogP contribution in [0.15, 0.2) is 47.8 Å². The number of aromatic nitrogens is 3. The third-order valence-corrected chi connectivity index (χ3v) is 4.26. The number of thioether (sulfide) groups is 1. The fourth-order valence-corrected chi connectivity index (χ4v) is 2.95. The Morgan fingerprint density at radius 2 is 2.05 bits per heavy atom. The number of nitrogens with zero attached hydrogens (tertiary/aromatic N) is 3. The number of imidazole rings is 1. The first-order valence-corrected chi connectivity index (χ1v) is 7.36. The average Bonchev–Trinajstić information content (AvgIpc) is 2.82. The fraction of sp³-hybridized carbons (Fsp3) is 0.133. The Kier molecular flexibility index (Phi) is 3.62. The second kappa shape index (κ2) is 5.57. The van der Waals surface area contributed by atoms with Crippen LogP contribution in [0.5, 0.6) is 0 Å². The lowest BCUT2D eigenvalue weighted by atomic mass is 10.1. The van der Waals surface area contributed by atoms with Crippen LogP contribution in [0, 0.1) is 0 Å². The third kappa shape index (κ3) is 2.75. The first-order valence-electron chi connectivity index (χ1n) is 6.37. The number of hydrogen-bond donors (Lipinski definition) is 1. The van der Waals surface area contributed by atoms with E-state index >= 15 is 0 Å². The van der Waals surface area contributed by atoms with Gasteiger partial charge in [0.25, 0.3) is 0 Å². The maximum Gasteiger partial charge on any atom is 0.335 e. The van der Waals surface area contributed by atoms with E-state index in [1.807, 2.05) is 35.9 Å². The van der Waals surface area contributed by atoms with Gasteiger partial charge in [-0.15, -0.1) is 0 Å². The van der Waals surface area contributed by atoms with Gasteiger partial charge in [0.05, 0.1) is 5.56 Å². The lowest BCUT2D eigenvalue weighted by Gasteiger charge is -2.03. The van der Waals surface area contributed by atoms with Crippen molar-refractivity contribution >= 4 is 28.9 Å². The molecule has 0 amide bonds. The summed E-state index contributed by atoms with van der Waals surface area (Å²) in [7, 11) is 1.94. The van der Waals surface area contributed by atoms with E-state index in [0.717, 1.165) is 27.6 Å². The summed E-state index contributed by atoms with van der Waals surface area (Å²) >= 11 is 1.60. The second-order valence-electron chi connectivity index (χ2n) is 4.59. The molecular formula is C15H13N3O2S. The lowest BCUT2D eigenvalue weighted by molar-refractivity contribution is 0.0697. The number of pyridine rings is 1. The molecule has 2 heterocycles. The lowest BCUT2D eigenvalue weighted by Crippen LogP contribution is -1.96. The predicted molar refractivity (Wildman–Crippen MR) is 81.5 cm³/mol. The molecule has 0 radical (unpaired) electrons. The van der Waals surface area contributed by atoms with Crippen LogP contribution < -0.4 is 0 Å². The van der Waals surface area contributed by atoms with Crippen LogP contribution in [0.4, 0.5) is 0 Å². The van der Waals surface area contributed by atoms with Gasteiger partial charge in [0.1, 0.15) is 5.52 Å². The molecule has 0 aliphatic rings. The van der Waals surface area contributed by atoms with E-state index in [0.29, 0.717) is 5.56 Å². The largest absolute Gasteiger partial charge is 0.478 e. The summed E-state index contributed by atoms with van der Waals surface area (Å²) in [4.78, 5) is 19.7. The van der Waals surface area contributed by atoms with Gasteiger partial charge in [-0.3, -0.25) is 0 Å². The van der Waals surface area contributed by atoms with Gasteiger partial charge in [0, 0.05) is 19.0 Å². The first-order chi connectivity index (χ1) is 10.1. The second-order valence-corrected chi connectivity index (χ2v) is 5.53. The smallest absolute Gasteiger partial charge is 0.335 e. The first kappa shape index (κ1) is 13.6. The molecule has 1 aromatic carbocycles. The van der Waals surface area contributed by atoms with Gasteiger partial charge in [-0.2, -0.15) is 0 Å². The molecule has 3 aromatic rings. The standard InChI is InChI=1S/C15H13N3O2S/c1-18-13-12(3-2-8-16-13)17-15(18)21-9-10-4-6-11(7-5-10)14(19)20/h2-8H,9H2,1H3,(H,19,20). The van der Waals surface area contributed by atoms with Crippen molar-refractivity contribution in [3.8, 4) is 0 Å². The molecule has 0 atom stereocenters. The minimum absolute atomic E-state index is 0.302. The number of aryl methyl sites for hydroxylation is 1. The Bertz CT molecular complexity index is 796. The topological polar surface area (TPSA) is 68.0 Å². The average molecular weight is 299 g/mol. The highest BCUT2D eigenvalue weighted by molar-refractivity contribution is 7.98. The number of carbonyl (C=O) groups is 1. The minimum atomic E-state index is -0.907. The molecule has 0 aliphatic carbocycles. The number of fused-ring (bicyclic) bond motifs is 1. The van der Waals surface area contributed by atoms with Crippen molar-refractivity contribution in [1.29, 1.82) is 0 Å². The van der Waals surface area contributed by atoms with Crippen molar-refractivity contribution in [2.24, 2.45) is 7.05 Å². The van der Waals surface area contributed by atoms with Crippen LogP contribution >= 0.6 is 11.8 Å². The third-order valence-electron chi connectivity index (χ3n) is 3.16. The van der Waals surface area contributed by atoms with E-state index in [2.05, 4.69) is 9.97 Å². The van der Waals surface area contributed by atoms with Crippen molar-refractivity contribution in [1.82, 2.24) is 14.5 Å². The summed E-state index contributed by atoms with van der Waals surface area (Å²) in [5.41, 5.74) is 3.10. The molecule has 3 rings (SSSR count). The van der Waals surface area contributed by atoms with Crippen molar-refractivity contribution in [2.45, 2.75) is 10.9 Å². The molecule has 0 aliphatic heterocycles. The van der Waals surface area contributed by atoms with E-state index in [-0.39, 0.29) is 0 Å². The van der Waals surface area contributed by atoms with Crippen molar-refractivity contribution < 1.29 is 9.90 Å². The summed E-state index contributed by atoms with van der Waals surface area (Å²) in [5, 5.41) is 9.77. The molecule has 2 aromatic heterocycles. The van der Waals surface area contributed by atoms with Crippen LogP contribution in [0.3, 0.4) is 0 Å². The summed E-state index contributed by atoms with van der Waals surface area (Å²) in [6.07, 6.45) is 1.75. The van der Waals surface area contributed by atoms with Crippen molar-refractivity contribution in [3.05, 3.63) is 53.7 Å². The molecule has 0 bridgehead atoms. The monoisotopic (exact) mass is 299 g/mol. The van der Waals surface area contributed by atoms with Crippen LogP contribution in [-0.4, -0.2) is 25.6 Å². The molecule has 1 N–H and O–H groups in total. The molecule has 0 fully saturated rings. The summed E-state index contributed by atoms with van der Waals surface area (Å²) < 4.78 is 1.96. The molecule has 106 valence electrons. The quantitative estimate of drug-likeness (QED) is 0.750. The summed E-state index contributed by atoms with van der Waals surface area (Å²) in [6, 6.07) is 10.7. The molecule has 0 spiro atoms. The highest BCUT2D eigenvalue weighted by atomic mass is 32.2. The van der Waals surface area contributed by atoms with Gasteiger partial charge in [-0.1, -0.05) is 23.9 Å². The normalized spacial score (nSPS) is 10.9. The van der Waals surface area contributed by atoms with Gasteiger partial charge >= 0.3 is 5.97 Å². The van der Waals surface area contributed by atoms with Crippen LogP contribution in [0.2, 0.25) is 0 Å². The van der Waals surface area contributed by atoms with Gasteiger partial charge in [-0.25, -0.2) is 14.8 Å². The van der Waals surface area contributed by atoms with E-state index in [4.69, 9.17) is 5.11 Å². The van der Waals surface area contributed by atoms with Crippen LogP contribution in [0.1, 0.15) is 15.9 Å². The van der Waals surface area contributed by atoms with Crippen LogP contribution in [0.25, 0.3) is 11.2 Å². The number of aromatic carboxylic acids is 1. The highest BCUT2D eigenvalue weighted by Crippen LogP contribution is 2.24. The van der Waals surface area contributed by atoms with Crippen LogP contribution in [-0.2, 0) is 12.8 Å². The van der Waals surface area contributed by atoms with Crippen molar-refractivity contribution in [3.63, 3.8) is 0 Å². The molecule has 0 saturated carbocycles. The Hall–Kier alpha value is -2.34. The number of benzene rings is 1. The Balaban J connectivity index is 1.77. The van der Waals surface area contributed by atoms with E-state index in [9.17, 15) is 4.79 Å². The molecule has 21 heavy (non-hydrogen) atoms. The number of carboxylic acid groups (broad SMARTS) is 1. The zero-order valence-electron chi connectivity index (χ0n) is 11.4. The zero-order chi connectivity index (χ0) is 14.8. The Morgan fingerprint density at radius 3 is 2.71 bits per heavy atom. The molecule has 0 unspecified atom stereocenters. The van der Waals surface area contributed by atoms with E-state index < -0.39 is 5.97 Å². The molecule has 0 saturated heterocycles. The zero-order valence-corrected chi connectivity index (χ0v) is 12.2. The summed E-state index contributed by atoms with van der Waals surface area (Å²) in [6.45, 7) is 0. The fourth-order valence-electron chi connectivity index (χ4n) is 2.02. The Labute approximate surface area is 125 Å². The maximum atomic E-state index is 10.8. The molecule has 5 nitrogen and oxygen atoms in total. The summed E-state index contributed by atoms with van der Waals surface area (Å²) in [5.74, 6) is -0.174. The highest BCUT2D eigenvalue weighted by Gasteiger charge is 2.09. The van der Waals surface area contributed by atoms with E-state index in [1.54, 1.807) is 30.1 Å². The number of hydrogen-bond acceptors (Lipinski definition) is 4. The van der Waals surface area contributed by atoms with Gasteiger partial charge < -0.3 is 9.67 Å². The van der Waals surface area contributed by atoms with Gasteiger partial charge in [-0.05, 0) is 29.8 Å². The molecule has 6 heteroatoms.